The maximum Gasteiger partial charge on any atom is 0.331 e. The zero-order valence-electron chi connectivity index (χ0n) is 17.9. The molecule has 2 aromatic rings. The predicted molar refractivity (Wildman–Crippen MR) is 118 cm³/mol. The molecule has 0 aliphatic rings. The summed E-state index contributed by atoms with van der Waals surface area (Å²) < 4.78 is 36.6. The zero-order chi connectivity index (χ0) is 22.9. The molecule has 0 N–H and O–H groups in total. The van der Waals surface area contributed by atoms with Crippen LogP contribution in [0.5, 0.6) is 5.75 Å². The van der Waals surface area contributed by atoms with E-state index in [0.717, 1.165) is 0 Å². The second-order valence-corrected chi connectivity index (χ2v) is 8.42. The fourth-order valence-electron chi connectivity index (χ4n) is 2.80. The van der Waals surface area contributed by atoms with Crippen molar-refractivity contribution in [3.8, 4) is 5.75 Å². The molecule has 2 aromatic carbocycles. The number of hydrogen-bond donors (Lipinski definition) is 0. The van der Waals surface area contributed by atoms with E-state index in [4.69, 9.17) is 9.47 Å². The SMILES string of the molecule is CCOc1ccc(C(=O)COC(=O)/C=C/c2ccc(S(=O)(=O)N(CC)CC)cc2)cc1. The summed E-state index contributed by atoms with van der Waals surface area (Å²) in [6, 6.07) is 12.8. The van der Waals surface area contributed by atoms with Crippen LogP contribution in [0.2, 0.25) is 0 Å². The number of carbonyl (C=O) groups excluding carboxylic acids is 2. The van der Waals surface area contributed by atoms with Crippen LogP contribution >= 0.6 is 0 Å². The highest BCUT2D eigenvalue weighted by atomic mass is 32.2. The van der Waals surface area contributed by atoms with Gasteiger partial charge in [0.05, 0.1) is 11.5 Å². The van der Waals surface area contributed by atoms with Crippen molar-refractivity contribution in [2.75, 3.05) is 26.3 Å². The largest absolute Gasteiger partial charge is 0.494 e. The Morgan fingerprint density at radius 1 is 0.935 bits per heavy atom. The molecule has 0 saturated heterocycles. The fourth-order valence-corrected chi connectivity index (χ4v) is 4.26. The first-order chi connectivity index (χ1) is 14.8. The second-order valence-electron chi connectivity index (χ2n) is 6.48. The second kappa shape index (κ2) is 11.4. The van der Waals surface area contributed by atoms with Crippen molar-refractivity contribution in [2.24, 2.45) is 0 Å². The number of ether oxygens (including phenoxy) is 2. The number of esters is 1. The summed E-state index contributed by atoms with van der Waals surface area (Å²) in [4.78, 5) is 24.2. The number of carbonyl (C=O) groups is 2. The Hall–Kier alpha value is -2.97. The van der Waals surface area contributed by atoms with Crippen molar-refractivity contribution < 1.29 is 27.5 Å². The summed E-state index contributed by atoms with van der Waals surface area (Å²) in [5.41, 5.74) is 1.05. The molecule has 0 aromatic heterocycles. The molecule has 0 spiro atoms. The van der Waals surface area contributed by atoms with Gasteiger partial charge < -0.3 is 9.47 Å². The van der Waals surface area contributed by atoms with Gasteiger partial charge in [-0.2, -0.15) is 4.31 Å². The van der Waals surface area contributed by atoms with Gasteiger partial charge in [-0.3, -0.25) is 4.79 Å². The maximum atomic E-state index is 12.5. The molecule has 0 saturated carbocycles. The molecule has 0 radical (unpaired) electrons. The monoisotopic (exact) mass is 445 g/mol. The van der Waals surface area contributed by atoms with Gasteiger partial charge in [0.15, 0.2) is 12.4 Å². The van der Waals surface area contributed by atoms with E-state index in [1.165, 1.54) is 28.6 Å². The quantitative estimate of drug-likeness (QED) is 0.298. The summed E-state index contributed by atoms with van der Waals surface area (Å²) >= 11 is 0. The van der Waals surface area contributed by atoms with E-state index >= 15 is 0 Å². The Morgan fingerprint density at radius 3 is 2.10 bits per heavy atom. The molecule has 31 heavy (non-hydrogen) atoms. The standard InChI is InChI=1S/C23H27NO6S/c1-4-24(5-2)31(27,28)21-14-7-18(8-15-21)9-16-23(26)30-17-22(25)19-10-12-20(13-11-19)29-6-3/h7-16H,4-6,17H2,1-3H3/b16-9+. The Labute approximate surface area is 183 Å². The van der Waals surface area contributed by atoms with Gasteiger partial charge in [0.25, 0.3) is 0 Å². The normalized spacial score (nSPS) is 11.6. The number of Topliss-reactive ketones (excluding diaryl/α,β-unsaturated/α-hetero) is 1. The smallest absolute Gasteiger partial charge is 0.331 e. The third kappa shape index (κ3) is 6.77. The first-order valence-electron chi connectivity index (χ1n) is 10.0. The van der Waals surface area contributed by atoms with Gasteiger partial charge in [-0.15, -0.1) is 0 Å². The van der Waals surface area contributed by atoms with Crippen LogP contribution in [0, 0.1) is 0 Å². The third-order valence-corrected chi connectivity index (χ3v) is 6.53. The first kappa shape index (κ1) is 24.3. The van der Waals surface area contributed by atoms with E-state index in [1.807, 2.05) is 6.92 Å². The van der Waals surface area contributed by atoms with Crippen molar-refractivity contribution >= 4 is 27.9 Å². The van der Waals surface area contributed by atoms with Gasteiger partial charge in [0.1, 0.15) is 5.75 Å². The van der Waals surface area contributed by atoms with Gasteiger partial charge in [0.2, 0.25) is 10.0 Å². The molecular weight excluding hydrogens is 418 g/mol. The number of rotatable bonds is 11. The molecule has 0 heterocycles. The number of ketones is 1. The number of benzene rings is 2. The van der Waals surface area contributed by atoms with Crippen LogP contribution < -0.4 is 4.74 Å². The fraction of sp³-hybridized carbons (Fsp3) is 0.304. The third-order valence-electron chi connectivity index (χ3n) is 4.47. The van der Waals surface area contributed by atoms with E-state index in [2.05, 4.69) is 0 Å². The lowest BCUT2D eigenvalue weighted by Gasteiger charge is -2.18. The van der Waals surface area contributed by atoms with Crippen molar-refractivity contribution in [3.63, 3.8) is 0 Å². The molecule has 7 nitrogen and oxygen atoms in total. The van der Waals surface area contributed by atoms with Crippen LogP contribution in [0.25, 0.3) is 6.08 Å². The molecule has 0 unspecified atom stereocenters. The highest BCUT2D eigenvalue weighted by molar-refractivity contribution is 7.89. The average Bonchev–Trinajstić information content (AvgIpc) is 2.77. The van der Waals surface area contributed by atoms with Gasteiger partial charge >= 0.3 is 5.97 Å². The van der Waals surface area contributed by atoms with E-state index < -0.39 is 16.0 Å². The molecule has 0 bridgehead atoms. The zero-order valence-corrected chi connectivity index (χ0v) is 18.7. The van der Waals surface area contributed by atoms with E-state index in [-0.39, 0.29) is 17.3 Å². The topological polar surface area (TPSA) is 90.0 Å². The minimum Gasteiger partial charge on any atom is -0.494 e. The molecule has 8 heteroatoms. The first-order valence-corrected chi connectivity index (χ1v) is 11.5. The molecule has 0 atom stereocenters. The highest BCUT2D eigenvalue weighted by Crippen LogP contribution is 2.17. The minimum atomic E-state index is -3.53. The summed E-state index contributed by atoms with van der Waals surface area (Å²) in [5.74, 6) is -0.329. The van der Waals surface area contributed by atoms with Crippen molar-refractivity contribution in [3.05, 3.63) is 65.7 Å². The lowest BCUT2D eigenvalue weighted by molar-refractivity contribution is -0.136. The lowest BCUT2D eigenvalue weighted by Crippen LogP contribution is -2.30. The van der Waals surface area contributed by atoms with Crippen molar-refractivity contribution in [1.82, 2.24) is 4.31 Å². The summed E-state index contributed by atoms with van der Waals surface area (Å²) in [5, 5.41) is 0. The molecule has 0 aliphatic carbocycles. The van der Waals surface area contributed by atoms with Crippen LogP contribution in [0.4, 0.5) is 0 Å². The number of sulfonamides is 1. The van der Waals surface area contributed by atoms with Crippen LogP contribution in [-0.2, 0) is 19.6 Å². The summed E-state index contributed by atoms with van der Waals surface area (Å²) in [7, 11) is -3.53. The van der Waals surface area contributed by atoms with Crippen LogP contribution in [0.15, 0.2) is 59.5 Å². The summed E-state index contributed by atoms with van der Waals surface area (Å²) in [6.07, 6.45) is 2.69. The summed E-state index contributed by atoms with van der Waals surface area (Å²) in [6.45, 7) is 6.37. The van der Waals surface area contributed by atoms with Crippen molar-refractivity contribution in [1.29, 1.82) is 0 Å². The minimum absolute atomic E-state index is 0.192. The lowest BCUT2D eigenvalue weighted by atomic mass is 10.1. The van der Waals surface area contributed by atoms with Crippen molar-refractivity contribution in [2.45, 2.75) is 25.7 Å². The van der Waals surface area contributed by atoms with E-state index in [9.17, 15) is 18.0 Å². The number of nitrogens with zero attached hydrogens (tertiary/aromatic N) is 1. The number of hydrogen-bond acceptors (Lipinski definition) is 6. The molecule has 2 rings (SSSR count). The molecular formula is C23H27NO6S. The Bertz CT molecular complexity index is 1010. The van der Waals surface area contributed by atoms with Gasteiger partial charge in [-0.05, 0) is 55.0 Å². The van der Waals surface area contributed by atoms with Crippen LogP contribution in [-0.4, -0.2) is 50.8 Å². The molecule has 0 amide bonds. The average molecular weight is 446 g/mol. The Kier molecular flexibility index (Phi) is 8.96. The molecule has 0 aliphatic heterocycles. The highest BCUT2D eigenvalue weighted by Gasteiger charge is 2.20. The van der Waals surface area contributed by atoms with Crippen LogP contribution in [0.3, 0.4) is 0 Å². The molecule has 166 valence electrons. The van der Waals surface area contributed by atoms with Crippen LogP contribution in [0.1, 0.15) is 36.7 Å². The Morgan fingerprint density at radius 2 is 1.55 bits per heavy atom. The van der Waals surface area contributed by atoms with Gasteiger partial charge in [-0.1, -0.05) is 26.0 Å². The van der Waals surface area contributed by atoms with Gasteiger partial charge in [-0.25, -0.2) is 13.2 Å². The Balaban J connectivity index is 1.92. The van der Waals surface area contributed by atoms with E-state index in [1.54, 1.807) is 50.2 Å². The van der Waals surface area contributed by atoms with Gasteiger partial charge in [0, 0.05) is 24.7 Å². The maximum absolute atomic E-state index is 12.5. The molecule has 0 fully saturated rings. The predicted octanol–water partition coefficient (Wildman–Crippen LogP) is 3.56. The van der Waals surface area contributed by atoms with E-state index in [0.29, 0.717) is 36.6 Å².